The number of pyridine rings is 1. The van der Waals surface area contributed by atoms with Crippen LogP contribution < -0.4 is 0 Å². The van der Waals surface area contributed by atoms with Crippen LogP contribution >= 0.6 is 11.3 Å². The molecule has 134 valence electrons. The van der Waals surface area contributed by atoms with E-state index in [0.29, 0.717) is 5.01 Å². The number of carbonyl (C=O) groups excluding carboxylic acids is 1. The van der Waals surface area contributed by atoms with Crippen LogP contribution in [0, 0.1) is 0 Å². The van der Waals surface area contributed by atoms with Crippen molar-refractivity contribution < 1.29 is 13.2 Å². The quantitative estimate of drug-likeness (QED) is 0.647. The van der Waals surface area contributed by atoms with Crippen LogP contribution in [-0.4, -0.2) is 28.9 Å². The molecule has 0 fully saturated rings. The molecule has 0 saturated carbocycles. The zero-order valence-electron chi connectivity index (χ0n) is 14.4. The van der Waals surface area contributed by atoms with Crippen LogP contribution in [0.25, 0.3) is 11.3 Å². The van der Waals surface area contributed by atoms with Gasteiger partial charge in [0.2, 0.25) is 0 Å². The van der Waals surface area contributed by atoms with Gasteiger partial charge in [0.15, 0.2) is 15.6 Å². The second kappa shape index (κ2) is 7.09. The number of thiazole rings is 1. The Hall–Kier alpha value is -2.38. The van der Waals surface area contributed by atoms with Crippen molar-refractivity contribution >= 4 is 27.0 Å². The van der Waals surface area contributed by atoms with Crippen LogP contribution in [0.15, 0.2) is 65.1 Å². The van der Waals surface area contributed by atoms with Gasteiger partial charge in [-0.05, 0) is 38.1 Å². The molecule has 0 N–H and O–H groups in total. The molecular formula is C19H18N2O3S2. The number of rotatable bonds is 6. The summed E-state index contributed by atoms with van der Waals surface area (Å²) in [7, 11) is -3.78. The summed E-state index contributed by atoms with van der Waals surface area (Å²) in [5.74, 6) is -0.378. The molecule has 0 unspecified atom stereocenters. The molecule has 0 bridgehead atoms. The number of Topliss-reactive ketones (excluding diaryl/α,β-unsaturated/α-hetero) is 1. The van der Waals surface area contributed by atoms with E-state index in [0.717, 1.165) is 11.3 Å². The monoisotopic (exact) mass is 386 g/mol. The van der Waals surface area contributed by atoms with Crippen LogP contribution in [0.4, 0.5) is 0 Å². The molecule has 2 heterocycles. The molecule has 26 heavy (non-hydrogen) atoms. The first-order chi connectivity index (χ1) is 12.3. The Morgan fingerprint density at radius 1 is 1.08 bits per heavy atom. The minimum atomic E-state index is -3.78. The fraction of sp³-hybridized carbons (Fsp3) is 0.211. The molecule has 0 amide bonds. The molecule has 1 aromatic carbocycles. The number of carbonyl (C=O) groups is 1. The van der Waals surface area contributed by atoms with E-state index >= 15 is 0 Å². The molecule has 0 atom stereocenters. The molecule has 0 aliphatic heterocycles. The standard InChI is InChI=1S/C19H18N2O3S2/c1-19(2,26(23,24)15-6-4-3-5-7-15)17(22)12-18-21-16(13-25-18)14-8-10-20-11-9-14/h3-11,13H,12H2,1-2H3. The molecule has 5 nitrogen and oxygen atoms in total. The van der Waals surface area contributed by atoms with Crippen molar-refractivity contribution in [3.05, 3.63) is 65.2 Å². The Morgan fingerprint density at radius 3 is 2.38 bits per heavy atom. The largest absolute Gasteiger partial charge is 0.297 e. The highest BCUT2D eigenvalue weighted by Gasteiger charge is 2.42. The predicted molar refractivity (Wildman–Crippen MR) is 102 cm³/mol. The van der Waals surface area contributed by atoms with Gasteiger partial charge in [-0.3, -0.25) is 9.78 Å². The summed E-state index contributed by atoms with van der Waals surface area (Å²) >= 11 is 1.35. The number of sulfone groups is 1. The molecule has 3 aromatic rings. The van der Waals surface area contributed by atoms with E-state index in [1.165, 1.54) is 37.3 Å². The zero-order chi connectivity index (χ0) is 18.8. The van der Waals surface area contributed by atoms with Crippen molar-refractivity contribution in [3.8, 4) is 11.3 Å². The highest BCUT2D eigenvalue weighted by Crippen LogP contribution is 2.29. The molecule has 0 radical (unpaired) electrons. The van der Waals surface area contributed by atoms with Crippen molar-refractivity contribution in [3.63, 3.8) is 0 Å². The van der Waals surface area contributed by atoms with E-state index in [9.17, 15) is 13.2 Å². The van der Waals surface area contributed by atoms with Gasteiger partial charge in [-0.15, -0.1) is 11.3 Å². The first-order valence-electron chi connectivity index (χ1n) is 8.00. The number of nitrogens with zero attached hydrogens (tertiary/aromatic N) is 2. The van der Waals surface area contributed by atoms with Crippen molar-refractivity contribution in [2.75, 3.05) is 0 Å². The van der Waals surface area contributed by atoms with E-state index in [4.69, 9.17) is 0 Å². The van der Waals surface area contributed by atoms with Gasteiger partial charge >= 0.3 is 0 Å². The fourth-order valence-corrected chi connectivity index (χ4v) is 4.72. The molecule has 3 rings (SSSR count). The van der Waals surface area contributed by atoms with Crippen LogP contribution in [-0.2, 0) is 21.1 Å². The third-order valence-corrected chi connectivity index (χ3v) is 7.55. The Balaban J connectivity index is 1.82. The lowest BCUT2D eigenvalue weighted by Crippen LogP contribution is -2.41. The summed E-state index contributed by atoms with van der Waals surface area (Å²) < 4.78 is 24.2. The number of ketones is 1. The van der Waals surface area contributed by atoms with E-state index in [1.54, 1.807) is 30.6 Å². The highest BCUT2D eigenvalue weighted by molar-refractivity contribution is 7.93. The van der Waals surface area contributed by atoms with Crippen molar-refractivity contribution in [2.24, 2.45) is 0 Å². The maximum Gasteiger partial charge on any atom is 0.190 e. The Kier molecular flexibility index (Phi) is 5.02. The second-order valence-corrected chi connectivity index (χ2v) is 9.73. The molecule has 0 aliphatic rings. The van der Waals surface area contributed by atoms with E-state index in [1.807, 2.05) is 17.5 Å². The van der Waals surface area contributed by atoms with E-state index < -0.39 is 14.6 Å². The van der Waals surface area contributed by atoms with Crippen molar-refractivity contribution in [1.82, 2.24) is 9.97 Å². The van der Waals surface area contributed by atoms with E-state index in [-0.39, 0.29) is 17.1 Å². The first-order valence-corrected chi connectivity index (χ1v) is 10.4. The lowest BCUT2D eigenvalue weighted by molar-refractivity contribution is -0.120. The van der Waals surface area contributed by atoms with Crippen LogP contribution in [0.2, 0.25) is 0 Å². The Morgan fingerprint density at radius 2 is 1.73 bits per heavy atom. The molecule has 0 saturated heterocycles. The summed E-state index contributed by atoms with van der Waals surface area (Å²) in [5.41, 5.74) is 1.66. The van der Waals surface area contributed by atoms with Crippen LogP contribution in [0.1, 0.15) is 18.9 Å². The fourth-order valence-electron chi connectivity index (χ4n) is 2.44. The summed E-state index contributed by atoms with van der Waals surface area (Å²) in [6, 6.07) is 11.7. The molecular weight excluding hydrogens is 368 g/mol. The number of hydrogen-bond acceptors (Lipinski definition) is 6. The lowest BCUT2D eigenvalue weighted by Gasteiger charge is -2.23. The topological polar surface area (TPSA) is 77.0 Å². The number of hydrogen-bond donors (Lipinski definition) is 0. The minimum Gasteiger partial charge on any atom is -0.297 e. The third-order valence-electron chi connectivity index (χ3n) is 4.24. The van der Waals surface area contributed by atoms with Gasteiger partial charge in [-0.2, -0.15) is 0 Å². The van der Waals surface area contributed by atoms with Gasteiger partial charge in [0, 0.05) is 23.3 Å². The van der Waals surface area contributed by atoms with Gasteiger partial charge in [0.1, 0.15) is 9.75 Å². The smallest absolute Gasteiger partial charge is 0.190 e. The summed E-state index contributed by atoms with van der Waals surface area (Å²) in [5, 5.41) is 2.45. The molecule has 0 spiro atoms. The summed E-state index contributed by atoms with van der Waals surface area (Å²) in [4.78, 5) is 21.4. The molecule has 7 heteroatoms. The number of benzene rings is 1. The van der Waals surface area contributed by atoms with Crippen LogP contribution in [0.5, 0.6) is 0 Å². The molecule has 0 aliphatic carbocycles. The highest BCUT2D eigenvalue weighted by atomic mass is 32.2. The van der Waals surface area contributed by atoms with Gasteiger partial charge in [-0.25, -0.2) is 13.4 Å². The lowest BCUT2D eigenvalue weighted by atomic mass is 10.1. The maximum absolute atomic E-state index is 12.9. The van der Waals surface area contributed by atoms with Crippen LogP contribution in [0.3, 0.4) is 0 Å². The van der Waals surface area contributed by atoms with Crippen molar-refractivity contribution in [2.45, 2.75) is 29.9 Å². The maximum atomic E-state index is 12.9. The van der Waals surface area contributed by atoms with Gasteiger partial charge in [0.25, 0.3) is 0 Å². The van der Waals surface area contributed by atoms with Gasteiger partial charge in [-0.1, -0.05) is 18.2 Å². The normalized spacial score (nSPS) is 12.1. The molecule has 2 aromatic heterocycles. The summed E-state index contributed by atoms with van der Waals surface area (Å²) in [6.45, 7) is 2.91. The Bertz CT molecular complexity index is 1010. The predicted octanol–water partition coefficient (Wildman–Crippen LogP) is 3.57. The van der Waals surface area contributed by atoms with Gasteiger partial charge in [0.05, 0.1) is 17.0 Å². The average molecular weight is 386 g/mol. The minimum absolute atomic E-state index is 0.0190. The number of aromatic nitrogens is 2. The second-order valence-electron chi connectivity index (χ2n) is 6.29. The third kappa shape index (κ3) is 3.45. The Labute approximate surface area is 156 Å². The van der Waals surface area contributed by atoms with E-state index in [2.05, 4.69) is 9.97 Å². The SMILES string of the molecule is CC(C)(C(=O)Cc1nc(-c2ccncc2)cs1)S(=O)(=O)c1ccccc1. The first kappa shape index (κ1) is 18.4. The van der Waals surface area contributed by atoms with Crippen molar-refractivity contribution in [1.29, 1.82) is 0 Å². The average Bonchev–Trinajstić information content (AvgIpc) is 3.11. The summed E-state index contributed by atoms with van der Waals surface area (Å²) in [6.07, 6.45) is 3.33. The van der Waals surface area contributed by atoms with Gasteiger partial charge < -0.3 is 0 Å². The zero-order valence-corrected chi connectivity index (χ0v) is 16.0.